The molecule has 24 heavy (non-hydrogen) atoms. The average Bonchev–Trinajstić information content (AvgIpc) is 2.48. The number of fused-ring (bicyclic) bond motifs is 1. The maximum atomic E-state index is 10.6. The second kappa shape index (κ2) is 6.71. The Bertz CT molecular complexity index is 470. The predicted molar refractivity (Wildman–Crippen MR) is 95.4 cm³/mol. The molecule has 140 valence electrons. The van der Waals surface area contributed by atoms with Gasteiger partial charge in [0.05, 0.1) is 18.3 Å². The Morgan fingerprint density at radius 3 is 2.50 bits per heavy atom. The van der Waals surface area contributed by atoms with Crippen LogP contribution in [0.2, 0.25) is 0 Å². The van der Waals surface area contributed by atoms with Crippen molar-refractivity contribution in [2.75, 3.05) is 6.61 Å². The van der Waals surface area contributed by atoms with Gasteiger partial charge in [-0.3, -0.25) is 0 Å². The van der Waals surface area contributed by atoms with Crippen molar-refractivity contribution in [3.05, 3.63) is 12.2 Å². The van der Waals surface area contributed by atoms with E-state index < -0.39 is 24.4 Å². The van der Waals surface area contributed by atoms with Crippen LogP contribution >= 0.6 is 0 Å². The van der Waals surface area contributed by atoms with E-state index in [1.165, 1.54) is 12.8 Å². The van der Waals surface area contributed by atoms with E-state index in [4.69, 9.17) is 5.11 Å². The lowest BCUT2D eigenvalue weighted by Gasteiger charge is -2.59. The summed E-state index contributed by atoms with van der Waals surface area (Å²) in [6.45, 7) is 12.2. The van der Waals surface area contributed by atoms with Crippen molar-refractivity contribution in [3.63, 3.8) is 0 Å². The zero-order chi connectivity index (χ0) is 18.3. The first-order chi connectivity index (χ1) is 11.0. The first kappa shape index (κ1) is 19.9. The smallest absolute Gasteiger partial charge is 0.105 e. The van der Waals surface area contributed by atoms with E-state index in [9.17, 15) is 15.3 Å². The van der Waals surface area contributed by atoms with Gasteiger partial charge in [0, 0.05) is 0 Å². The summed E-state index contributed by atoms with van der Waals surface area (Å²) >= 11 is 0. The zero-order valence-electron chi connectivity index (χ0n) is 15.8. The molecule has 2 aliphatic carbocycles. The Balaban J connectivity index is 2.24. The van der Waals surface area contributed by atoms with Crippen LogP contribution in [0.3, 0.4) is 0 Å². The molecule has 2 fully saturated rings. The van der Waals surface area contributed by atoms with Gasteiger partial charge in [-0.15, -0.1) is 0 Å². The Morgan fingerprint density at radius 1 is 1.29 bits per heavy atom. The second-order valence-electron chi connectivity index (χ2n) is 9.37. The minimum atomic E-state index is -1.33. The summed E-state index contributed by atoms with van der Waals surface area (Å²) in [4.78, 5) is 0. The van der Waals surface area contributed by atoms with E-state index in [0.717, 1.165) is 18.4 Å². The summed E-state index contributed by atoms with van der Waals surface area (Å²) in [6.07, 6.45) is 3.66. The van der Waals surface area contributed by atoms with E-state index in [1.54, 1.807) is 6.92 Å². The third-order valence-corrected chi connectivity index (χ3v) is 7.24. The highest BCUT2D eigenvalue weighted by molar-refractivity contribution is 5.20. The van der Waals surface area contributed by atoms with E-state index in [-0.39, 0.29) is 16.7 Å². The van der Waals surface area contributed by atoms with Crippen molar-refractivity contribution in [1.82, 2.24) is 0 Å². The van der Waals surface area contributed by atoms with Gasteiger partial charge in [-0.05, 0) is 67.3 Å². The fraction of sp³-hybridized carbons (Fsp3) is 0.900. The topological polar surface area (TPSA) is 80.9 Å². The Kier molecular flexibility index (Phi) is 5.57. The molecule has 0 amide bonds. The summed E-state index contributed by atoms with van der Waals surface area (Å²) in [5, 5.41) is 40.0. The molecule has 4 N–H and O–H groups in total. The molecule has 6 atom stereocenters. The largest absolute Gasteiger partial charge is 0.394 e. The Labute approximate surface area is 146 Å². The summed E-state index contributed by atoms with van der Waals surface area (Å²) in [5.41, 5.74) is -0.188. The molecular formula is C20H36O4. The van der Waals surface area contributed by atoms with E-state index in [0.29, 0.717) is 18.8 Å². The molecule has 4 heteroatoms. The van der Waals surface area contributed by atoms with Crippen LogP contribution in [0.1, 0.15) is 66.2 Å². The minimum absolute atomic E-state index is 0.0678. The highest BCUT2D eigenvalue weighted by atomic mass is 16.4. The summed E-state index contributed by atoms with van der Waals surface area (Å²) in [7, 11) is 0. The van der Waals surface area contributed by atoms with Gasteiger partial charge in [-0.2, -0.15) is 0 Å². The van der Waals surface area contributed by atoms with Gasteiger partial charge in [0.15, 0.2) is 0 Å². The third-order valence-electron chi connectivity index (χ3n) is 7.24. The molecule has 0 bridgehead atoms. The predicted octanol–water partition coefficient (Wildman–Crippen LogP) is 2.64. The van der Waals surface area contributed by atoms with Gasteiger partial charge in [-0.25, -0.2) is 0 Å². The molecule has 0 aromatic rings. The summed E-state index contributed by atoms with van der Waals surface area (Å²) < 4.78 is 0. The van der Waals surface area contributed by atoms with Crippen LogP contribution < -0.4 is 0 Å². The molecule has 0 radical (unpaired) electrons. The summed E-state index contributed by atoms with van der Waals surface area (Å²) in [6, 6.07) is 0. The molecule has 0 aromatic heterocycles. The normalized spacial score (nSPS) is 39.8. The summed E-state index contributed by atoms with van der Waals surface area (Å²) in [5.74, 6) is 0.556. The molecule has 0 aliphatic heterocycles. The van der Waals surface area contributed by atoms with Crippen molar-refractivity contribution in [3.8, 4) is 0 Å². The van der Waals surface area contributed by atoms with Crippen molar-refractivity contribution in [1.29, 1.82) is 0 Å². The monoisotopic (exact) mass is 340 g/mol. The second-order valence-corrected chi connectivity index (χ2v) is 9.37. The third kappa shape index (κ3) is 3.44. The lowest BCUT2D eigenvalue weighted by Crippen LogP contribution is -2.53. The number of hydrogen-bond acceptors (Lipinski definition) is 4. The highest BCUT2D eigenvalue weighted by Gasteiger charge is 2.55. The lowest BCUT2D eigenvalue weighted by atomic mass is 9.46. The van der Waals surface area contributed by atoms with Crippen LogP contribution in [0.4, 0.5) is 0 Å². The Morgan fingerprint density at radius 2 is 1.92 bits per heavy atom. The minimum Gasteiger partial charge on any atom is -0.394 e. The van der Waals surface area contributed by atoms with Crippen LogP contribution in [0.25, 0.3) is 0 Å². The Hall–Kier alpha value is -0.420. The first-order valence-electron chi connectivity index (χ1n) is 9.34. The number of rotatable bonds is 5. The lowest BCUT2D eigenvalue weighted by molar-refractivity contribution is -0.108. The SMILES string of the molecule is C=C1C(O)CC2C(C)(C)CCCC2(C)C1CCC(C)(O)C(O)CO. The van der Waals surface area contributed by atoms with E-state index >= 15 is 0 Å². The maximum absolute atomic E-state index is 10.6. The molecule has 2 rings (SSSR count). The molecular weight excluding hydrogens is 304 g/mol. The van der Waals surface area contributed by atoms with Crippen LogP contribution in [-0.4, -0.2) is 44.8 Å². The van der Waals surface area contributed by atoms with Gasteiger partial charge in [0.1, 0.15) is 6.10 Å². The molecule has 0 aromatic carbocycles. The van der Waals surface area contributed by atoms with Gasteiger partial charge in [0.25, 0.3) is 0 Å². The number of aliphatic hydroxyl groups excluding tert-OH is 3. The molecule has 0 heterocycles. The van der Waals surface area contributed by atoms with Crippen molar-refractivity contribution < 1.29 is 20.4 Å². The maximum Gasteiger partial charge on any atom is 0.105 e. The first-order valence-corrected chi connectivity index (χ1v) is 9.34. The highest BCUT2D eigenvalue weighted by Crippen LogP contribution is 2.61. The fourth-order valence-electron chi connectivity index (χ4n) is 5.52. The molecule has 0 saturated heterocycles. The van der Waals surface area contributed by atoms with E-state index in [2.05, 4.69) is 27.4 Å². The van der Waals surface area contributed by atoms with Gasteiger partial charge in [-0.1, -0.05) is 33.8 Å². The molecule has 4 nitrogen and oxygen atoms in total. The van der Waals surface area contributed by atoms with Crippen molar-refractivity contribution in [2.45, 2.75) is 84.0 Å². The molecule has 2 saturated carbocycles. The van der Waals surface area contributed by atoms with Crippen molar-refractivity contribution in [2.24, 2.45) is 22.7 Å². The van der Waals surface area contributed by atoms with Gasteiger partial charge < -0.3 is 20.4 Å². The number of aliphatic hydroxyl groups is 4. The van der Waals surface area contributed by atoms with E-state index in [1.807, 2.05) is 0 Å². The van der Waals surface area contributed by atoms with Crippen LogP contribution in [0.15, 0.2) is 12.2 Å². The molecule has 6 unspecified atom stereocenters. The van der Waals surface area contributed by atoms with Gasteiger partial charge >= 0.3 is 0 Å². The van der Waals surface area contributed by atoms with Gasteiger partial charge in [0.2, 0.25) is 0 Å². The standard InChI is InChI=1S/C20H36O4/c1-13-14(7-10-20(5,24)17(23)12-21)19(4)9-6-8-18(2,3)16(19)11-15(13)22/h14-17,21-24H,1,6-12H2,2-5H3. The average molecular weight is 341 g/mol. The molecule has 2 aliphatic rings. The molecule has 0 spiro atoms. The fourth-order valence-corrected chi connectivity index (χ4v) is 5.52. The van der Waals surface area contributed by atoms with Crippen LogP contribution in [0, 0.1) is 22.7 Å². The van der Waals surface area contributed by atoms with Crippen molar-refractivity contribution >= 4 is 0 Å². The quantitative estimate of drug-likeness (QED) is 0.580. The number of hydrogen-bond donors (Lipinski definition) is 4. The van der Waals surface area contributed by atoms with Crippen LogP contribution in [0.5, 0.6) is 0 Å². The zero-order valence-corrected chi connectivity index (χ0v) is 15.8. The van der Waals surface area contributed by atoms with Crippen LogP contribution in [-0.2, 0) is 0 Å².